The molecule has 94 valence electrons. The third-order valence-corrected chi connectivity index (χ3v) is 3.03. The molecule has 0 bridgehead atoms. The van der Waals surface area contributed by atoms with Crippen LogP contribution in [0.1, 0.15) is 5.56 Å². The van der Waals surface area contributed by atoms with Crippen molar-refractivity contribution >= 4 is 21.6 Å². The number of halogens is 2. The molecule has 0 unspecified atom stereocenters. The minimum Gasteiger partial charge on any atom is -0.481 e. The van der Waals surface area contributed by atoms with Crippen molar-refractivity contribution < 1.29 is 9.13 Å². The molecule has 1 N–H and O–H groups in total. The Balaban J connectivity index is 1.99. The maximum atomic E-state index is 13.0. The lowest BCUT2D eigenvalue weighted by molar-refractivity contribution is 0.397. The molecule has 0 aliphatic carbocycles. The first kappa shape index (κ1) is 12.8. The average molecular weight is 311 g/mol. The van der Waals surface area contributed by atoms with Crippen molar-refractivity contribution in [2.24, 2.45) is 0 Å². The molecule has 1 heterocycles. The van der Waals surface area contributed by atoms with Gasteiger partial charge < -0.3 is 10.1 Å². The molecule has 0 saturated carbocycles. The number of methoxy groups -OCH3 is 1. The molecule has 1 aromatic carbocycles. The molecule has 0 aliphatic heterocycles. The van der Waals surface area contributed by atoms with Gasteiger partial charge in [-0.15, -0.1) is 0 Å². The highest BCUT2D eigenvalue weighted by atomic mass is 79.9. The van der Waals surface area contributed by atoms with Gasteiger partial charge in [-0.05, 0) is 39.7 Å². The molecule has 2 rings (SSSR count). The quantitative estimate of drug-likeness (QED) is 0.937. The van der Waals surface area contributed by atoms with Crippen LogP contribution in [0.2, 0.25) is 0 Å². The van der Waals surface area contributed by atoms with Crippen molar-refractivity contribution in [3.8, 4) is 5.88 Å². The predicted octanol–water partition coefficient (Wildman–Crippen LogP) is 3.60. The van der Waals surface area contributed by atoms with E-state index in [-0.39, 0.29) is 5.82 Å². The van der Waals surface area contributed by atoms with Gasteiger partial charge in [-0.1, -0.05) is 6.07 Å². The molecule has 18 heavy (non-hydrogen) atoms. The topological polar surface area (TPSA) is 34.1 Å². The summed E-state index contributed by atoms with van der Waals surface area (Å²) < 4.78 is 18.5. The standard InChI is InChI=1S/C13H12BrFN2O/c1-18-13-5-2-9(8-17-13)7-16-10-3-4-12(15)11(14)6-10/h2-6,8,16H,7H2,1H3. The Kier molecular flexibility index (Phi) is 4.15. The van der Waals surface area contributed by atoms with Gasteiger partial charge in [-0.25, -0.2) is 9.37 Å². The van der Waals surface area contributed by atoms with Crippen LogP contribution in [-0.2, 0) is 6.54 Å². The second kappa shape index (κ2) is 5.82. The summed E-state index contributed by atoms with van der Waals surface area (Å²) in [6.07, 6.45) is 1.74. The van der Waals surface area contributed by atoms with Gasteiger partial charge in [0.1, 0.15) is 5.82 Å². The first-order valence-electron chi connectivity index (χ1n) is 5.37. The molecule has 0 atom stereocenters. The van der Waals surface area contributed by atoms with Crippen LogP contribution in [0.3, 0.4) is 0 Å². The van der Waals surface area contributed by atoms with E-state index in [1.54, 1.807) is 31.5 Å². The van der Waals surface area contributed by atoms with E-state index in [2.05, 4.69) is 26.2 Å². The normalized spacial score (nSPS) is 10.2. The van der Waals surface area contributed by atoms with Gasteiger partial charge in [0.25, 0.3) is 0 Å². The third kappa shape index (κ3) is 3.20. The number of benzene rings is 1. The number of hydrogen-bond acceptors (Lipinski definition) is 3. The van der Waals surface area contributed by atoms with Gasteiger partial charge in [0.15, 0.2) is 0 Å². The molecule has 1 aromatic heterocycles. The molecule has 0 amide bonds. The smallest absolute Gasteiger partial charge is 0.212 e. The zero-order valence-electron chi connectivity index (χ0n) is 9.78. The molecule has 5 heteroatoms. The lowest BCUT2D eigenvalue weighted by Gasteiger charge is -2.07. The summed E-state index contributed by atoms with van der Waals surface area (Å²) in [7, 11) is 1.58. The summed E-state index contributed by atoms with van der Waals surface area (Å²) in [5.41, 5.74) is 1.87. The summed E-state index contributed by atoms with van der Waals surface area (Å²) >= 11 is 3.15. The van der Waals surface area contributed by atoms with E-state index in [9.17, 15) is 4.39 Å². The molecule has 2 aromatic rings. The molecular formula is C13H12BrFN2O. The van der Waals surface area contributed by atoms with Crippen molar-refractivity contribution in [3.05, 3.63) is 52.4 Å². The van der Waals surface area contributed by atoms with Crippen LogP contribution in [0.25, 0.3) is 0 Å². The summed E-state index contributed by atoms with van der Waals surface area (Å²) in [4.78, 5) is 4.11. The fraction of sp³-hybridized carbons (Fsp3) is 0.154. The maximum absolute atomic E-state index is 13.0. The minimum atomic E-state index is -0.272. The lowest BCUT2D eigenvalue weighted by atomic mass is 10.2. The highest BCUT2D eigenvalue weighted by Gasteiger charge is 2.00. The van der Waals surface area contributed by atoms with Crippen LogP contribution in [0.4, 0.5) is 10.1 Å². The molecule has 3 nitrogen and oxygen atoms in total. The van der Waals surface area contributed by atoms with Crippen LogP contribution in [0.15, 0.2) is 41.0 Å². The van der Waals surface area contributed by atoms with Crippen molar-refractivity contribution in [1.82, 2.24) is 4.98 Å². The zero-order valence-corrected chi connectivity index (χ0v) is 11.4. The summed E-state index contributed by atoms with van der Waals surface area (Å²) in [5, 5.41) is 3.19. The van der Waals surface area contributed by atoms with Crippen LogP contribution >= 0.6 is 15.9 Å². The molecule has 0 saturated heterocycles. The molecule has 0 spiro atoms. The second-order valence-corrected chi connectivity index (χ2v) is 4.55. The molecule has 0 radical (unpaired) electrons. The number of nitrogens with zero attached hydrogens (tertiary/aromatic N) is 1. The summed E-state index contributed by atoms with van der Waals surface area (Å²) in [6.45, 7) is 0.620. The van der Waals surface area contributed by atoms with Gasteiger partial charge in [0, 0.05) is 24.5 Å². The van der Waals surface area contributed by atoms with Gasteiger partial charge in [0.05, 0.1) is 11.6 Å². The van der Waals surface area contributed by atoms with Crippen molar-refractivity contribution in [2.45, 2.75) is 6.54 Å². The van der Waals surface area contributed by atoms with Gasteiger partial charge in [-0.2, -0.15) is 0 Å². The highest BCUT2D eigenvalue weighted by Crippen LogP contribution is 2.20. The molecule has 0 aliphatic rings. The first-order valence-corrected chi connectivity index (χ1v) is 6.16. The Morgan fingerprint density at radius 3 is 2.78 bits per heavy atom. The van der Waals surface area contributed by atoms with Crippen LogP contribution < -0.4 is 10.1 Å². The number of anilines is 1. The van der Waals surface area contributed by atoms with E-state index < -0.39 is 0 Å². The first-order chi connectivity index (χ1) is 8.69. The largest absolute Gasteiger partial charge is 0.481 e. The number of aromatic nitrogens is 1. The second-order valence-electron chi connectivity index (χ2n) is 3.69. The van der Waals surface area contributed by atoms with Crippen molar-refractivity contribution in [2.75, 3.05) is 12.4 Å². The Hall–Kier alpha value is -1.62. The Morgan fingerprint density at radius 2 is 2.17 bits per heavy atom. The maximum Gasteiger partial charge on any atom is 0.212 e. The van der Waals surface area contributed by atoms with E-state index in [1.807, 2.05) is 6.07 Å². The van der Waals surface area contributed by atoms with E-state index in [4.69, 9.17) is 4.74 Å². The Labute approximate surface area is 113 Å². The van der Waals surface area contributed by atoms with Crippen molar-refractivity contribution in [1.29, 1.82) is 0 Å². The third-order valence-electron chi connectivity index (χ3n) is 2.42. The number of rotatable bonds is 4. The van der Waals surface area contributed by atoms with E-state index in [1.165, 1.54) is 6.07 Å². The summed E-state index contributed by atoms with van der Waals surface area (Å²) in [6, 6.07) is 8.54. The minimum absolute atomic E-state index is 0.272. The fourth-order valence-electron chi connectivity index (χ4n) is 1.45. The lowest BCUT2D eigenvalue weighted by Crippen LogP contribution is -2.00. The predicted molar refractivity (Wildman–Crippen MR) is 72.2 cm³/mol. The number of hydrogen-bond donors (Lipinski definition) is 1. The summed E-state index contributed by atoms with van der Waals surface area (Å²) in [5.74, 6) is 0.315. The SMILES string of the molecule is COc1ccc(CNc2ccc(F)c(Br)c2)cn1. The number of nitrogens with one attached hydrogen (secondary N) is 1. The average Bonchev–Trinajstić information content (AvgIpc) is 2.41. The molecule has 0 fully saturated rings. The van der Waals surface area contributed by atoms with E-state index in [0.29, 0.717) is 16.9 Å². The Morgan fingerprint density at radius 1 is 1.33 bits per heavy atom. The van der Waals surface area contributed by atoms with Gasteiger partial charge in [0.2, 0.25) is 5.88 Å². The van der Waals surface area contributed by atoms with Crippen LogP contribution in [-0.4, -0.2) is 12.1 Å². The van der Waals surface area contributed by atoms with Crippen LogP contribution in [0.5, 0.6) is 5.88 Å². The fourth-order valence-corrected chi connectivity index (χ4v) is 1.83. The molecular weight excluding hydrogens is 299 g/mol. The van der Waals surface area contributed by atoms with Gasteiger partial charge in [-0.3, -0.25) is 0 Å². The monoisotopic (exact) mass is 310 g/mol. The van der Waals surface area contributed by atoms with E-state index >= 15 is 0 Å². The van der Waals surface area contributed by atoms with E-state index in [0.717, 1.165) is 11.3 Å². The Bertz CT molecular complexity index is 531. The van der Waals surface area contributed by atoms with Crippen LogP contribution in [0, 0.1) is 5.82 Å². The van der Waals surface area contributed by atoms with Gasteiger partial charge >= 0.3 is 0 Å². The number of ether oxygens (including phenoxy) is 1. The number of pyridine rings is 1. The van der Waals surface area contributed by atoms with Crippen molar-refractivity contribution in [3.63, 3.8) is 0 Å². The zero-order chi connectivity index (χ0) is 13.0. The highest BCUT2D eigenvalue weighted by molar-refractivity contribution is 9.10.